The molecule has 3 aromatic rings. The van der Waals surface area contributed by atoms with Gasteiger partial charge in [0.1, 0.15) is 18.6 Å². The summed E-state index contributed by atoms with van der Waals surface area (Å²) >= 11 is 0. The van der Waals surface area contributed by atoms with E-state index in [1.807, 2.05) is 96.9 Å². The molecular formula is C31H33N5O4. The minimum atomic E-state index is -1.01. The second kappa shape index (κ2) is 12.0. The van der Waals surface area contributed by atoms with E-state index >= 15 is 0 Å². The van der Waals surface area contributed by atoms with Crippen LogP contribution in [0.1, 0.15) is 30.0 Å². The van der Waals surface area contributed by atoms with Crippen LogP contribution in [0.25, 0.3) is 0 Å². The van der Waals surface area contributed by atoms with Crippen LogP contribution in [0.2, 0.25) is 0 Å². The Hall–Kier alpha value is -4.66. The molecule has 2 aliphatic rings. The predicted octanol–water partition coefficient (Wildman–Crippen LogP) is 2.33. The number of hydrogen-bond acceptors (Lipinski definition) is 5. The lowest BCUT2D eigenvalue weighted by molar-refractivity contribution is -0.130. The van der Waals surface area contributed by atoms with Gasteiger partial charge in [-0.25, -0.2) is 0 Å². The molecule has 1 saturated heterocycles. The third-order valence-electron chi connectivity index (χ3n) is 7.45. The molecule has 0 bridgehead atoms. The van der Waals surface area contributed by atoms with E-state index in [9.17, 15) is 19.2 Å². The molecule has 3 N–H and O–H groups in total. The predicted molar refractivity (Wildman–Crippen MR) is 153 cm³/mol. The second-order valence-electron chi connectivity index (χ2n) is 10.1. The van der Waals surface area contributed by atoms with Crippen molar-refractivity contribution in [3.63, 3.8) is 0 Å². The van der Waals surface area contributed by atoms with E-state index < -0.39 is 29.9 Å². The van der Waals surface area contributed by atoms with Crippen molar-refractivity contribution >= 4 is 35.0 Å². The van der Waals surface area contributed by atoms with Gasteiger partial charge >= 0.3 is 0 Å². The van der Waals surface area contributed by atoms with Crippen LogP contribution in [0.15, 0.2) is 84.9 Å². The maximum Gasteiger partial charge on any atom is 0.252 e. The summed E-state index contributed by atoms with van der Waals surface area (Å²) in [6, 6.07) is 24.5. The largest absolute Gasteiger partial charge is 0.363 e. The lowest BCUT2D eigenvalue weighted by atomic mass is 9.96. The average Bonchev–Trinajstić information content (AvgIpc) is 3.39. The number of nitrogens with zero attached hydrogens (tertiary/aromatic N) is 2. The first-order chi connectivity index (χ1) is 19.4. The van der Waals surface area contributed by atoms with Crippen LogP contribution in [-0.2, 0) is 25.6 Å². The number of nitrogens with one attached hydrogen (secondary N) is 3. The zero-order valence-electron chi connectivity index (χ0n) is 22.4. The Bertz CT molecular complexity index is 1380. The monoisotopic (exact) mass is 539 g/mol. The third-order valence-corrected chi connectivity index (χ3v) is 7.45. The van der Waals surface area contributed by atoms with E-state index in [1.54, 1.807) is 0 Å². The number of para-hydroxylation sites is 2. The molecule has 206 valence electrons. The number of hydrogen-bond donors (Lipinski definition) is 3. The molecule has 3 aromatic carbocycles. The highest BCUT2D eigenvalue weighted by Gasteiger charge is 2.43. The number of likely N-dealkylation sites (N-methyl/N-ethyl adjacent to an activating group) is 1. The van der Waals surface area contributed by atoms with Crippen LogP contribution in [0.3, 0.4) is 0 Å². The molecule has 2 heterocycles. The molecule has 0 aliphatic carbocycles. The van der Waals surface area contributed by atoms with Gasteiger partial charge in [0.2, 0.25) is 17.7 Å². The first-order valence-corrected chi connectivity index (χ1v) is 13.5. The molecule has 5 rings (SSSR count). The normalized spacial score (nSPS) is 20.4. The summed E-state index contributed by atoms with van der Waals surface area (Å²) in [7, 11) is 1.88. The smallest absolute Gasteiger partial charge is 0.252 e. The van der Waals surface area contributed by atoms with Gasteiger partial charge in [0.15, 0.2) is 0 Å². The molecule has 0 radical (unpaired) electrons. The number of benzene rings is 3. The van der Waals surface area contributed by atoms with Crippen molar-refractivity contribution in [3.05, 3.63) is 96.1 Å². The summed E-state index contributed by atoms with van der Waals surface area (Å²) in [5.41, 5.74) is 3.28. The Morgan fingerprint density at radius 1 is 0.900 bits per heavy atom. The van der Waals surface area contributed by atoms with E-state index in [1.165, 1.54) is 4.90 Å². The summed E-state index contributed by atoms with van der Waals surface area (Å²) in [4.78, 5) is 55.9. The van der Waals surface area contributed by atoms with Gasteiger partial charge in [-0.1, -0.05) is 72.8 Å². The number of anilines is 2. The van der Waals surface area contributed by atoms with Gasteiger partial charge in [0.05, 0.1) is 17.4 Å². The molecule has 0 aromatic heterocycles. The topological polar surface area (TPSA) is 111 Å². The number of carbonyl (C=O) groups is 4. The molecular weight excluding hydrogens is 506 g/mol. The van der Waals surface area contributed by atoms with E-state index in [0.29, 0.717) is 25.1 Å². The van der Waals surface area contributed by atoms with E-state index in [4.69, 9.17) is 0 Å². The maximum absolute atomic E-state index is 14.3. The first-order valence-electron chi connectivity index (χ1n) is 13.5. The van der Waals surface area contributed by atoms with Crippen molar-refractivity contribution in [1.29, 1.82) is 0 Å². The SMILES string of the molecule is CN1c2ccccc2N(CC(=O)NCCc2ccccc2)C(=O)[C@@H](NC(=O)[C@@H]2CCC(=O)N2)[C@H]1c1ccccc1. The number of rotatable bonds is 8. The van der Waals surface area contributed by atoms with Gasteiger partial charge in [0.25, 0.3) is 5.91 Å². The summed E-state index contributed by atoms with van der Waals surface area (Å²) in [5, 5.41) is 8.55. The first kappa shape index (κ1) is 26.9. The lowest BCUT2D eigenvalue weighted by Crippen LogP contribution is -2.57. The molecule has 40 heavy (non-hydrogen) atoms. The number of fused-ring (bicyclic) bond motifs is 1. The van der Waals surface area contributed by atoms with E-state index in [-0.39, 0.29) is 24.8 Å². The zero-order chi connectivity index (χ0) is 28.1. The Morgan fingerprint density at radius 2 is 1.55 bits per heavy atom. The standard InChI is InChI=1S/C31H33N5O4/c1-35-24-14-8-9-15-25(24)36(20-27(38)32-19-18-21-10-4-2-5-11-21)31(40)28(29(35)22-12-6-3-7-13-22)34-30(39)23-16-17-26(37)33-23/h2-15,23,28-29H,16-20H2,1H3,(H,32,38)(H,33,37)(H,34,39)/t23-,28-,29+/m0/s1. The quantitative estimate of drug-likeness (QED) is 0.407. The minimum Gasteiger partial charge on any atom is -0.363 e. The molecule has 0 saturated carbocycles. The van der Waals surface area contributed by atoms with Crippen LogP contribution in [0.4, 0.5) is 11.4 Å². The Balaban J connectivity index is 1.44. The third kappa shape index (κ3) is 5.83. The highest BCUT2D eigenvalue weighted by molar-refractivity contribution is 6.07. The van der Waals surface area contributed by atoms with Gasteiger partial charge in [0, 0.05) is 20.0 Å². The molecule has 1 fully saturated rings. The van der Waals surface area contributed by atoms with Crippen molar-refractivity contribution in [3.8, 4) is 0 Å². The van der Waals surface area contributed by atoms with Crippen molar-refractivity contribution in [2.75, 3.05) is 29.9 Å². The number of amides is 4. The Morgan fingerprint density at radius 3 is 2.23 bits per heavy atom. The van der Waals surface area contributed by atoms with Crippen LogP contribution in [-0.4, -0.2) is 55.8 Å². The molecule has 0 spiro atoms. The van der Waals surface area contributed by atoms with Gasteiger partial charge in [-0.3, -0.25) is 24.1 Å². The highest BCUT2D eigenvalue weighted by Crippen LogP contribution is 2.39. The molecule has 0 unspecified atom stereocenters. The molecule has 9 heteroatoms. The van der Waals surface area contributed by atoms with Crippen molar-refractivity contribution in [2.24, 2.45) is 0 Å². The van der Waals surface area contributed by atoms with E-state index in [2.05, 4.69) is 16.0 Å². The minimum absolute atomic E-state index is 0.190. The van der Waals surface area contributed by atoms with Crippen LogP contribution >= 0.6 is 0 Å². The van der Waals surface area contributed by atoms with Gasteiger partial charge in [-0.05, 0) is 36.1 Å². The summed E-state index contributed by atoms with van der Waals surface area (Å²) in [6.45, 7) is 0.229. The van der Waals surface area contributed by atoms with Gasteiger partial charge in [-0.15, -0.1) is 0 Å². The van der Waals surface area contributed by atoms with Crippen LogP contribution < -0.4 is 25.8 Å². The summed E-state index contributed by atoms with van der Waals surface area (Å²) < 4.78 is 0. The summed E-state index contributed by atoms with van der Waals surface area (Å²) in [6.07, 6.45) is 1.30. The Labute approximate surface area is 233 Å². The zero-order valence-corrected chi connectivity index (χ0v) is 22.4. The van der Waals surface area contributed by atoms with Gasteiger partial charge in [-0.2, -0.15) is 0 Å². The average molecular weight is 540 g/mol. The lowest BCUT2D eigenvalue weighted by Gasteiger charge is -2.34. The molecule has 9 nitrogen and oxygen atoms in total. The highest BCUT2D eigenvalue weighted by atomic mass is 16.2. The fourth-order valence-electron chi connectivity index (χ4n) is 5.41. The fraction of sp³-hybridized carbons (Fsp3) is 0.290. The molecule has 2 aliphatic heterocycles. The van der Waals surface area contributed by atoms with Crippen molar-refractivity contribution < 1.29 is 19.2 Å². The molecule has 4 amide bonds. The van der Waals surface area contributed by atoms with E-state index in [0.717, 1.165) is 16.8 Å². The fourth-order valence-corrected chi connectivity index (χ4v) is 5.41. The van der Waals surface area contributed by atoms with Crippen molar-refractivity contribution in [1.82, 2.24) is 16.0 Å². The Kier molecular flexibility index (Phi) is 8.10. The second-order valence-corrected chi connectivity index (χ2v) is 10.1. The maximum atomic E-state index is 14.3. The summed E-state index contributed by atoms with van der Waals surface area (Å²) in [5.74, 6) is -1.31. The molecule has 3 atom stereocenters. The van der Waals surface area contributed by atoms with Gasteiger partial charge < -0.3 is 20.9 Å². The van der Waals surface area contributed by atoms with Crippen LogP contribution in [0, 0.1) is 0 Å². The number of carbonyl (C=O) groups excluding carboxylic acids is 4. The van der Waals surface area contributed by atoms with Crippen molar-refractivity contribution in [2.45, 2.75) is 37.4 Å². The van der Waals surface area contributed by atoms with Crippen LogP contribution in [0.5, 0.6) is 0 Å².